The predicted octanol–water partition coefficient (Wildman–Crippen LogP) is 3.55. The first-order chi connectivity index (χ1) is 20.3. The molecule has 10 nitrogen and oxygen atoms in total. The Bertz CT molecular complexity index is 1530. The number of hydrogen-bond acceptors (Lipinski definition) is 7. The zero-order valence-electron chi connectivity index (χ0n) is 23.7. The Morgan fingerprint density at radius 2 is 1.69 bits per heavy atom. The summed E-state index contributed by atoms with van der Waals surface area (Å²) in [6, 6.07) is 16.0. The maximum absolute atomic E-state index is 14.0. The second-order valence-corrected chi connectivity index (χ2v) is 11.4. The van der Waals surface area contributed by atoms with Gasteiger partial charge < -0.3 is 23.8 Å². The van der Waals surface area contributed by atoms with Gasteiger partial charge in [-0.2, -0.15) is 5.26 Å². The van der Waals surface area contributed by atoms with Crippen molar-refractivity contribution in [3.05, 3.63) is 65.7 Å². The highest BCUT2D eigenvalue weighted by Gasteiger charge is 2.43. The lowest BCUT2D eigenvalue weighted by molar-refractivity contribution is -0.144. The first kappa shape index (κ1) is 29.4. The summed E-state index contributed by atoms with van der Waals surface area (Å²) in [7, 11) is 3.07. The molecule has 0 radical (unpaired) electrons. The van der Waals surface area contributed by atoms with E-state index in [2.05, 4.69) is 6.07 Å². The van der Waals surface area contributed by atoms with Crippen LogP contribution >= 0.6 is 0 Å². The summed E-state index contributed by atoms with van der Waals surface area (Å²) in [5, 5.41) is 10.7. The molecule has 2 aliphatic heterocycles. The number of hydrogen-bond donors (Lipinski definition) is 0. The molecule has 220 valence electrons. The fraction of sp³-hybridized carbons (Fsp3) is 0.387. The van der Waals surface area contributed by atoms with Crippen molar-refractivity contribution in [1.82, 2.24) is 9.80 Å². The van der Waals surface area contributed by atoms with Crippen molar-refractivity contribution in [3.8, 4) is 17.6 Å². The molecule has 3 aromatic rings. The molecule has 0 N–H and O–H groups in total. The highest BCUT2D eigenvalue weighted by atomic mass is 32.2. The van der Waals surface area contributed by atoms with E-state index in [-0.39, 0.29) is 25.3 Å². The molecule has 2 amide bonds. The monoisotopic (exact) mass is 589 g/mol. The standard InChI is InChI=1S/C31H34N4O6S/c1-40-28-18-23-10-11-25(17-24(23)19-29(28)41-2)35(42(38)39)26-12-15-34(31(26)37)27(30(36)33-13-4-3-5-14-33)16-21-6-8-22(20-32)9-7-21/h6-11,17-19,26-27H,3-5,12-16H2,1-2H3,(H,38,39)/p-1. The molecule has 0 aliphatic carbocycles. The van der Waals surface area contributed by atoms with E-state index in [1.807, 2.05) is 4.90 Å². The third-order valence-electron chi connectivity index (χ3n) is 8.08. The summed E-state index contributed by atoms with van der Waals surface area (Å²) >= 11 is -2.75. The van der Waals surface area contributed by atoms with Crippen molar-refractivity contribution in [2.75, 3.05) is 38.2 Å². The Balaban J connectivity index is 1.45. The van der Waals surface area contributed by atoms with Crippen LogP contribution in [0.3, 0.4) is 0 Å². The van der Waals surface area contributed by atoms with E-state index in [1.54, 1.807) is 61.7 Å². The van der Waals surface area contributed by atoms with Crippen LogP contribution < -0.4 is 13.8 Å². The zero-order chi connectivity index (χ0) is 29.8. The van der Waals surface area contributed by atoms with E-state index in [9.17, 15) is 23.6 Å². The summed E-state index contributed by atoms with van der Waals surface area (Å²) in [4.78, 5) is 31.1. The van der Waals surface area contributed by atoms with Crippen LogP contribution in [0.4, 0.5) is 5.69 Å². The number of anilines is 1. The number of fused-ring (bicyclic) bond motifs is 1. The summed E-state index contributed by atoms with van der Waals surface area (Å²) in [5.74, 6) is 0.516. The smallest absolute Gasteiger partial charge is 0.247 e. The third kappa shape index (κ3) is 5.91. The molecule has 0 aromatic heterocycles. The van der Waals surface area contributed by atoms with E-state index in [4.69, 9.17) is 9.47 Å². The molecule has 2 heterocycles. The number of nitriles is 1. The number of piperidine rings is 1. The van der Waals surface area contributed by atoms with Crippen LogP contribution in [-0.2, 0) is 27.3 Å². The number of carbonyl (C=O) groups excluding carboxylic acids is 2. The minimum atomic E-state index is -2.75. The van der Waals surface area contributed by atoms with Crippen LogP contribution in [0, 0.1) is 11.3 Å². The molecule has 3 aromatic carbocycles. The number of ether oxygens (including phenoxy) is 2. The van der Waals surface area contributed by atoms with Gasteiger partial charge in [0.15, 0.2) is 11.5 Å². The van der Waals surface area contributed by atoms with Crippen LogP contribution in [0.1, 0.15) is 36.8 Å². The maximum Gasteiger partial charge on any atom is 0.247 e. The van der Waals surface area contributed by atoms with E-state index < -0.39 is 29.3 Å². The summed E-state index contributed by atoms with van der Waals surface area (Å²) in [5.41, 5.74) is 1.67. The summed E-state index contributed by atoms with van der Waals surface area (Å²) in [6.45, 7) is 1.52. The number of methoxy groups -OCH3 is 2. The fourth-order valence-corrected chi connectivity index (χ4v) is 6.57. The number of amides is 2. The van der Waals surface area contributed by atoms with Crippen molar-refractivity contribution >= 4 is 39.5 Å². The highest BCUT2D eigenvalue weighted by Crippen LogP contribution is 2.35. The van der Waals surface area contributed by atoms with Crippen molar-refractivity contribution < 1.29 is 27.8 Å². The third-order valence-corrected chi connectivity index (χ3v) is 8.86. The van der Waals surface area contributed by atoms with Crippen LogP contribution in [-0.4, -0.2) is 76.3 Å². The van der Waals surface area contributed by atoms with Gasteiger partial charge in [0.25, 0.3) is 0 Å². The number of carbonyl (C=O) groups is 2. The second kappa shape index (κ2) is 12.8. The Morgan fingerprint density at radius 3 is 2.31 bits per heavy atom. The summed E-state index contributed by atoms with van der Waals surface area (Å²) < 4.78 is 37.1. The van der Waals surface area contributed by atoms with Crippen molar-refractivity contribution in [2.24, 2.45) is 0 Å². The van der Waals surface area contributed by atoms with Crippen molar-refractivity contribution in [2.45, 2.75) is 44.2 Å². The van der Waals surface area contributed by atoms with Crippen LogP contribution in [0.2, 0.25) is 0 Å². The first-order valence-electron chi connectivity index (χ1n) is 14.0. The molecule has 0 bridgehead atoms. The number of likely N-dealkylation sites (tertiary alicyclic amines) is 2. The quantitative estimate of drug-likeness (QED) is 0.350. The lowest BCUT2D eigenvalue weighted by Gasteiger charge is -2.36. The molecule has 3 unspecified atom stereocenters. The molecule has 2 aliphatic rings. The minimum absolute atomic E-state index is 0.130. The van der Waals surface area contributed by atoms with E-state index in [0.29, 0.717) is 35.8 Å². The fourth-order valence-electron chi connectivity index (χ4n) is 5.88. The second-order valence-electron chi connectivity index (χ2n) is 10.5. The molecule has 0 spiro atoms. The molecule has 0 saturated carbocycles. The van der Waals surface area contributed by atoms with Crippen LogP contribution in [0.25, 0.3) is 10.8 Å². The summed E-state index contributed by atoms with van der Waals surface area (Å²) in [6.07, 6.45) is 3.40. The van der Waals surface area contributed by atoms with Gasteiger partial charge in [0.2, 0.25) is 11.8 Å². The Kier molecular flexibility index (Phi) is 8.94. The van der Waals surface area contributed by atoms with Gasteiger partial charge in [0.1, 0.15) is 12.1 Å². The topological polar surface area (TPSA) is 126 Å². The molecule has 2 saturated heterocycles. The lowest BCUT2D eigenvalue weighted by Crippen LogP contribution is -2.53. The first-order valence-corrected chi connectivity index (χ1v) is 15.0. The SMILES string of the molecule is COc1cc2ccc(N(C3CCN(C(Cc4ccc(C#N)cc4)C(=O)N4CCCCC4)C3=O)S(=O)[O-])cc2cc1OC. The molecular formula is C31H33N4O6S-. The average molecular weight is 590 g/mol. The van der Waals surface area contributed by atoms with Gasteiger partial charge in [-0.15, -0.1) is 0 Å². The maximum atomic E-state index is 14.0. The van der Waals surface area contributed by atoms with Gasteiger partial charge in [0.05, 0.1) is 25.9 Å². The Morgan fingerprint density at radius 1 is 1.02 bits per heavy atom. The van der Waals surface area contributed by atoms with E-state index in [1.165, 1.54) is 12.0 Å². The van der Waals surface area contributed by atoms with Gasteiger partial charge in [-0.1, -0.05) is 18.2 Å². The van der Waals surface area contributed by atoms with Gasteiger partial charge in [-0.05, 0) is 78.4 Å². The predicted molar refractivity (Wildman–Crippen MR) is 158 cm³/mol. The molecule has 2 fully saturated rings. The van der Waals surface area contributed by atoms with Gasteiger partial charge in [0, 0.05) is 43.0 Å². The number of nitrogens with zero attached hydrogens (tertiary/aromatic N) is 4. The molecule has 11 heteroatoms. The van der Waals surface area contributed by atoms with Gasteiger partial charge >= 0.3 is 0 Å². The Labute approximate surface area is 247 Å². The van der Waals surface area contributed by atoms with Crippen molar-refractivity contribution in [1.29, 1.82) is 5.26 Å². The van der Waals surface area contributed by atoms with E-state index >= 15 is 0 Å². The Hall–Kier alpha value is -4.14. The van der Waals surface area contributed by atoms with Crippen LogP contribution in [0.5, 0.6) is 11.5 Å². The minimum Gasteiger partial charge on any atom is -0.755 e. The molecular weight excluding hydrogens is 556 g/mol. The number of rotatable bonds is 9. The molecule has 42 heavy (non-hydrogen) atoms. The molecule has 3 atom stereocenters. The largest absolute Gasteiger partial charge is 0.755 e. The van der Waals surface area contributed by atoms with Gasteiger partial charge in [-0.25, -0.2) is 0 Å². The van der Waals surface area contributed by atoms with E-state index in [0.717, 1.165) is 39.9 Å². The highest BCUT2D eigenvalue weighted by molar-refractivity contribution is 7.80. The number of benzene rings is 3. The zero-order valence-corrected chi connectivity index (χ0v) is 24.5. The molecule has 5 rings (SSSR count). The lowest BCUT2D eigenvalue weighted by atomic mass is 10.0. The normalized spacial score (nSPS) is 18.4. The van der Waals surface area contributed by atoms with Gasteiger partial charge in [-0.3, -0.25) is 18.1 Å². The average Bonchev–Trinajstić information content (AvgIpc) is 3.39. The van der Waals surface area contributed by atoms with Crippen LogP contribution in [0.15, 0.2) is 54.6 Å². The van der Waals surface area contributed by atoms with Crippen molar-refractivity contribution in [3.63, 3.8) is 0 Å².